The molecule has 1 aromatic carbocycles. The molecular weight excluding hydrogens is 332 g/mol. The van der Waals surface area contributed by atoms with E-state index in [4.69, 9.17) is 0 Å². The van der Waals surface area contributed by atoms with Crippen LogP contribution >= 0.6 is 0 Å². The van der Waals surface area contributed by atoms with Crippen LogP contribution in [0.1, 0.15) is 37.7 Å². The number of carbonyl (C=O) groups excluding carboxylic acids is 2. The van der Waals surface area contributed by atoms with E-state index in [9.17, 15) is 19.5 Å². The molecule has 2 aliphatic heterocycles. The van der Waals surface area contributed by atoms with Crippen LogP contribution in [0.2, 0.25) is 0 Å². The number of nitrogens with zero attached hydrogens (tertiary/aromatic N) is 2. The van der Waals surface area contributed by atoms with Gasteiger partial charge in [0.2, 0.25) is 11.8 Å². The zero-order valence-electron chi connectivity index (χ0n) is 15.0. The highest BCUT2D eigenvalue weighted by atomic mass is 16.4. The van der Waals surface area contributed by atoms with Gasteiger partial charge in [-0.1, -0.05) is 30.3 Å². The van der Waals surface area contributed by atoms with Crippen LogP contribution in [0.15, 0.2) is 30.3 Å². The maximum absolute atomic E-state index is 12.9. The van der Waals surface area contributed by atoms with Gasteiger partial charge in [0.1, 0.15) is 6.04 Å². The van der Waals surface area contributed by atoms with E-state index in [-0.39, 0.29) is 17.7 Å². The molecule has 0 radical (unpaired) electrons. The Labute approximate surface area is 153 Å². The van der Waals surface area contributed by atoms with Crippen LogP contribution in [0.25, 0.3) is 0 Å². The molecule has 0 aromatic heterocycles. The lowest BCUT2D eigenvalue weighted by Gasteiger charge is -2.38. The molecule has 1 N–H and O–H groups in total. The number of likely N-dealkylation sites (tertiary alicyclic amines) is 2. The predicted octanol–water partition coefficient (Wildman–Crippen LogP) is 1.93. The topological polar surface area (TPSA) is 77.9 Å². The maximum atomic E-state index is 12.9. The summed E-state index contributed by atoms with van der Waals surface area (Å²) in [5.41, 5.74) is 0.966. The summed E-state index contributed by atoms with van der Waals surface area (Å²) in [4.78, 5) is 40.3. The second-order valence-electron chi connectivity index (χ2n) is 7.22. The number of carbonyl (C=O) groups is 3. The van der Waals surface area contributed by atoms with Gasteiger partial charge in [0, 0.05) is 19.6 Å². The van der Waals surface area contributed by atoms with Crippen molar-refractivity contribution in [3.05, 3.63) is 35.9 Å². The number of benzene rings is 1. The second kappa shape index (κ2) is 8.34. The minimum atomic E-state index is -0.925. The summed E-state index contributed by atoms with van der Waals surface area (Å²) in [6.07, 6.45) is 4.04. The Bertz CT molecular complexity index is 661. The lowest BCUT2D eigenvalue weighted by Crippen LogP contribution is -2.53. The molecule has 0 bridgehead atoms. The summed E-state index contributed by atoms with van der Waals surface area (Å²) < 4.78 is 0. The van der Waals surface area contributed by atoms with Crippen LogP contribution in [0.5, 0.6) is 0 Å². The zero-order valence-corrected chi connectivity index (χ0v) is 15.0. The molecular formula is C20H26N2O4. The molecule has 0 saturated carbocycles. The predicted molar refractivity (Wildman–Crippen MR) is 96.4 cm³/mol. The molecule has 6 heteroatoms. The van der Waals surface area contributed by atoms with Crippen LogP contribution < -0.4 is 0 Å². The van der Waals surface area contributed by atoms with Crippen molar-refractivity contribution in [3.8, 4) is 0 Å². The first-order valence-corrected chi connectivity index (χ1v) is 9.41. The van der Waals surface area contributed by atoms with Gasteiger partial charge in [-0.15, -0.1) is 0 Å². The fraction of sp³-hybridized carbons (Fsp3) is 0.550. The minimum Gasteiger partial charge on any atom is -0.480 e. The van der Waals surface area contributed by atoms with Gasteiger partial charge < -0.3 is 14.9 Å². The zero-order chi connectivity index (χ0) is 18.5. The molecule has 140 valence electrons. The van der Waals surface area contributed by atoms with Crippen molar-refractivity contribution in [2.45, 2.75) is 44.6 Å². The molecule has 2 aliphatic rings. The molecule has 2 saturated heterocycles. The third-order valence-electron chi connectivity index (χ3n) is 5.39. The van der Waals surface area contributed by atoms with Crippen LogP contribution in [-0.4, -0.2) is 58.4 Å². The van der Waals surface area contributed by atoms with Gasteiger partial charge in [0.25, 0.3) is 0 Å². The van der Waals surface area contributed by atoms with E-state index in [2.05, 4.69) is 0 Å². The largest absolute Gasteiger partial charge is 0.480 e. The first-order chi connectivity index (χ1) is 12.6. The molecule has 3 rings (SSSR count). The van der Waals surface area contributed by atoms with E-state index in [1.54, 1.807) is 4.90 Å². The number of hydrogen-bond acceptors (Lipinski definition) is 3. The smallest absolute Gasteiger partial charge is 0.326 e. The SMILES string of the molecule is O=C(O)[C@H]1CCCCN1C(=O)C1CCCN(C(=O)Cc2ccccc2)C1. The van der Waals surface area contributed by atoms with Crippen LogP contribution in [0.3, 0.4) is 0 Å². The Morgan fingerprint density at radius 2 is 1.77 bits per heavy atom. The third kappa shape index (κ3) is 4.23. The Morgan fingerprint density at radius 3 is 2.50 bits per heavy atom. The third-order valence-corrected chi connectivity index (χ3v) is 5.39. The first kappa shape index (κ1) is 18.4. The standard InChI is InChI=1S/C20H26N2O4/c23-18(13-15-7-2-1-3-8-15)21-11-6-9-16(14-21)19(24)22-12-5-4-10-17(22)20(25)26/h1-3,7-8,16-17H,4-6,9-14H2,(H,25,26)/t16?,17-/m1/s1. The molecule has 2 atom stereocenters. The fourth-order valence-corrected chi connectivity index (χ4v) is 3.97. The van der Waals surface area contributed by atoms with E-state index in [0.29, 0.717) is 32.5 Å². The summed E-state index contributed by atoms with van der Waals surface area (Å²) in [7, 11) is 0. The van der Waals surface area contributed by atoms with E-state index in [0.717, 1.165) is 31.2 Å². The number of carboxylic acids is 1. The number of aliphatic carboxylic acids is 1. The number of rotatable bonds is 4. The van der Waals surface area contributed by atoms with Gasteiger partial charge in [-0.05, 0) is 37.7 Å². The normalized spacial score (nSPS) is 23.5. The van der Waals surface area contributed by atoms with Crippen molar-refractivity contribution in [2.75, 3.05) is 19.6 Å². The molecule has 2 amide bonds. The number of amides is 2. The van der Waals surface area contributed by atoms with Gasteiger partial charge in [0.15, 0.2) is 0 Å². The highest BCUT2D eigenvalue weighted by Crippen LogP contribution is 2.25. The molecule has 6 nitrogen and oxygen atoms in total. The van der Waals surface area contributed by atoms with Crippen molar-refractivity contribution in [2.24, 2.45) is 5.92 Å². The minimum absolute atomic E-state index is 0.0297. The number of hydrogen-bond donors (Lipinski definition) is 1. The quantitative estimate of drug-likeness (QED) is 0.892. The van der Waals surface area contributed by atoms with E-state index >= 15 is 0 Å². The number of carboxylic acid groups (broad SMARTS) is 1. The Morgan fingerprint density at radius 1 is 1.00 bits per heavy atom. The fourth-order valence-electron chi connectivity index (χ4n) is 3.97. The summed E-state index contributed by atoms with van der Waals surface area (Å²) in [5, 5.41) is 9.40. The summed E-state index contributed by atoms with van der Waals surface area (Å²) >= 11 is 0. The average molecular weight is 358 g/mol. The van der Waals surface area contributed by atoms with E-state index < -0.39 is 12.0 Å². The van der Waals surface area contributed by atoms with Crippen molar-refractivity contribution in [1.29, 1.82) is 0 Å². The molecule has 1 unspecified atom stereocenters. The number of piperidine rings is 2. The summed E-state index contributed by atoms with van der Waals surface area (Å²) in [6.45, 7) is 1.56. The lowest BCUT2D eigenvalue weighted by molar-refractivity contribution is -0.155. The second-order valence-corrected chi connectivity index (χ2v) is 7.22. The van der Waals surface area contributed by atoms with Gasteiger partial charge in [-0.2, -0.15) is 0 Å². The summed E-state index contributed by atoms with van der Waals surface area (Å²) in [6, 6.07) is 8.87. The Balaban J connectivity index is 1.63. The monoisotopic (exact) mass is 358 g/mol. The highest BCUT2D eigenvalue weighted by Gasteiger charge is 2.37. The molecule has 26 heavy (non-hydrogen) atoms. The van der Waals surface area contributed by atoms with Crippen LogP contribution in [0, 0.1) is 5.92 Å². The Kier molecular flexibility index (Phi) is 5.91. The van der Waals surface area contributed by atoms with Gasteiger partial charge in [-0.25, -0.2) is 4.79 Å². The molecule has 1 aromatic rings. The van der Waals surface area contributed by atoms with E-state index in [1.165, 1.54) is 4.90 Å². The first-order valence-electron chi connectivity index (χ1n) is 9.41. The highest BCUT2D eigenvalue weighted by molar-refractivity contribution is 5.86. The summed E-state index contributed by atoms with van der Waals surface area (Å²) in [5.74, 6) is -1.29. The van der Waals surface area contributed by atoms with Crippen molar-refractivity contribution >= 4 is 17.8 Å². The van der Waals surface area contributed by atoms with Crippen molar-refractivity contribution in [1.82, 2.24) is 9.80 Å². The van der Waals surface area contributed by atoms with Crippen molar-refractivity contribution < 1.29 is 19.5 Å². The van der Waals surface area contributed by atoms with Crippen LogP contribution in [0.4, 0.5) is 0 Å². The maximum Gasteiger partial charge on any atom is 0.326 e. The molecule has 2 fully saturated rings. The van der Waals surface area contributed by atoms with Crippen LogP contribution in [-0.2, 0) is 20.8 Å². The molecule has 0 spiro atoms. The lowest BCUT2D eigenvalue weighted by atomic mass is 9.93. The van der Waals surface area contributed by atoms with Gasteiger partial charge in [0.05, 0.1) is 12.3 Å². The van der Waals surface area contributed by atoms with Gasteiger partial charge >= 0.3 is 5.97 Å². The molecule has 2 heterocycles. The average Bonchev–Trinajstić information content (AvgIpc) is 2.68. The Hall–Kier alpha value is -2.37. The van der Waals surface area contributed by atoms with Crippen molar-refractivity contribution in [3.63, 3.8) is 0 Å². The van der Waals surface area contributed by atoms with E-state index in [1.807, 2.05) is 30.3 Å². The molecule has 0 aliphatic carbocycles. The van der Waals surface area contributed by atoms with Gasteiger partial charge in [-0.3, -0.25) is 9.59 Å².